The number of benzene rings is 2. The largest absolute Gasteiger partial charge is 0.390 e. The summed E-state index contributed by atoms with van der Waals surface area (Å²) in [7, 11) is -1.71. The maximum atomic E-state index is 15.0. The maximum absolute atomic E-state index is 15.0. The third kappa shape index (κ3) is 3.88. The van der Waals surface area contributed by atoms with Gasteiger partial charge in [-0.25, -0.2) is 21.9 Å². The van der Waals surface area contributed by atoms with E-state index in [9.17, 15) is 8.42 Å². The van der Waals surface area contributed by atoms with Crippen molar-refractivity contribution in [2.24, 2.45) is 5.16 Å². The lowest BCUT2D eigenvalue weighted by atomic mass is 9.98. The smallest absolute Gasteiger partial charge is 0.186 e. The fourth-order valence-electron chi connectivity index (χ4n) is 4.60. The summed E-state index contributed by atoms with van der Waals surface area (Å²) in [6.07, 6.45) is 3.30. The normalized spacial score (nSPS) is 20.0. The molecule has 2 aromatic carbocycles. The van der Waals surface area contributed by atoms with Crippen LogP contribution in [-0.4, -0.2) is 65.0 Å². The van der Waals surface area contributed by atoms with E-state index in [4.69, 9.17) is 4.84 Å². The molecule has 34 heavy (non-hydrogen) atoms. The van der Waals surface area contributed by atoms with Gasteiger partial charge in [-0.3, -0.25) is 0 Å². The lowest BCUT2D eigenvalue weighted by Gasteiger charge is -2.45. The van der Waals surface area contributed by atoms with Crippen molar-refractivity contribution in [3.63, 3.8) is 0 Å². The summed E-state index contributed by atoms with van der Waals surface area (Å²) in [4.78, 5) is 7.44. The van der Waals surface area contributed by atoms with Gasteiger partial charge in [-0.2, -0.15) is 0 Å². The SMILES string of the molecule is CN1CC(C)(S(=O)(=O)c2ccc(-c3c(F)cc(C4=NO[C@@H](Cn5ccnn5)C4)cc3F)cc2)C1. The van der Waals surface area contributed by atoms with Crippen LogP contribution >= 0.6 is 0 Å². The van der Waals surface area contributed by atoms with Crippen molar-refractivity contribution in [2.45, 2.75) is 35.6 Å². The molecule has 0 saturated carbocycles. The second-order valence-electron chi connectivity index (χ2n) is 9.06. The van der Waals surface area contributed by atoms with E-state index in [1.54, 1.807) is 24.0 Å². The molecular formula is C23H23F2N5O3S. The summed E-state index contributed by atoms with van der Waals surface area (Å²) in [5.74, 6) is -1.53. The van der Waals surface area contributed by atoms with Gasteiger partial charge in [0.25, 0.3) is 0 Å². The summed E-state index contributed by atoms with van der Waals surface area (Å²) in [6, 6.07) is 8.12. The molecule has 0 radical (unpaired) electrons. The maximum Gasteiger partial charge on any atom is 0.186 e. The minimum absolute atomic E-state index is 0.139. The summed E-state index contributed by atoms with van der Waals surface area (Å²) in [5, 5.41) is 11.6. The molecule has 11 heteroatoms. The summed E-state index contributed by atoms with van der Waals surface area (Å²) < 4.78 is 56.7. The van der Waals surface area contributed by atoms with E-state index in [0.29, 0.717) is 37.3 Å². The van der Waals surface area contributed by atoms with Gasteiger partial charge in [-0.05, 0) is 43.8 Å². The number of hydrogen-bond donors (Lipinski definition) is 0. The molecule has 1 fully saturated rings. The molecule has 3 heterocycles. The van der Waals surface area contributed by atoms with Crippen molar-refractivity contribution >= 4 is 15.5 Å². The topological polar surface area (TPSA) is 89.7 Å². The van der Waals surface area contributed by atoms with Crippen molar-refractivity contribution in [2.75, 3.05) is 20.1 Å². The molecule has 8 nitrogen and oxygen atoms in total. The molecule has 0 N–H and O–H groups in total. The van der Waals surface area contributed by atoms with Gasteiger partial charge in [0.2, 0.25) is 0 Å². The molecule has 1 atom stereocenters. The highest BCUT2D eigenvalue weighted by Gasteiger charge is 2.48. The van der Waals surface area contributed by atoms with Crippen LogP contribution in [0.5, 0.6) is 0 Å². The van der Waals surface area contributed by atoms with E-state index < -0.39 is 26.2 Å². The van der Waals surface area contributed by atoms with Crippen LogP contribution in [0.3, 0.4) is 0 Å². The summed E-state index contributed by atoms with van der Waals surface area (Å²) in [5.41, 5.74) is 0.765. The van der Waals surface area contributed by atoms with Crippen LogP contribution < -0.4 is 0 Å². The Balaban J connectivity index is 1.35. The average Bonchev–Trinajstić information content (AvgIpc) is 3.45. The Labute approximate surface area is 195 Å². The van der Waals surface area contributed by atoms with E-state index in [1.807, 2.05) is 11.9 Å². The van der Waals surface area contributed by atoms with Crippen LogP contribution in [0.4, 0.5) is 8.78 Å². The molecule has 1 aromatic heterocycles. The number of likely N-dealkylation sites (tertiary alicyclic amines) is 1. The van der Waals surface area contributed by atoms with Crippen LogP contribution in [-0.2, 0) is 21.2 Å². The highest BCUT2D eigenvalue weighted by Crippen LogP contribution is 2.35. The highest BCUT2D eigenvalue weighted by atomic mass is 32.2. The van der Waals surface area contributed by atoms with Gasteiger partial charge < -0.3 is 9.74 Å². The highest BCUT2D eigenvalue weighted by molar-refractivity contribution is 7.93. The third-order valence-corrected chi connectivity index (χ3v) is 8.73. The molecule has 2 aliphatic rings. The number of aromatic nitrogens is 3. The number of oxime groups is 1. The first-order chi connectivity index (χ1) is 16.2. The summed E-state index contributed by atoms with van der Waals surface area (Å²) in [6.45, 7) is 3.01. The fourth-order valence-corrected chi connectivity index (χ4v) is 6.45. The minimum Gasteiger partial charge on any atom is -0.390 e. The van der Waals surface area contributed by atoms with Crippen molar-refractivity contribution in [3.05, 3.63) is 66.0 Å². The molecule has 0 spiro atoms. The number of sulfone groups is 1. The second-order valence-corrected chi connectivity index (χ2v) is 11.5. The lowest BCUT2D eigenvalue weighted by molar-refractivity contribution is 0.0693. The van der Waals surface area contributed by atoms with Crippen molar-refractivity contribution < 1.29 is 22.0 Å². The first-order valence-electron chi connectivity index (χ1n) is 10.8. The van der Waals surface area contributed by atoms with Crippen molar-refractivity contribution in [1.82, 2.24) is 19.9 Å². The molecule has 5 rings (SSSR count). The van der Waals surface area contributed by atoms with Gasteiger partial charge in [0.15, 0.2) is 15.9 Å². The Morgan fingerprint density at radius 1 is 1.12 bits per heavy atom. The van der Waals surface area contributed by atoms with Gasteiger partial charge in [-0.1, -0.05) is 22.5 Å². The molecule has 0 amide bonds. The predicted molar refractivity (Wildman–Crippen MR) is 121 cm³/mol. The minimum atomic E-state index is -3.56. The predicted octanol–water partition coefficient (Wildman–Crippen LogP) is 2.89. The zero-order valence-corrected chi connectivity index (χ0v) is 19.5. The Bertz CT molecular complexity index is 1330. The Kier molecular flexibility index (Phi) is 5.48. The number of nitrogens with zero attached hydrogens (tertiary/aromatic N) is 5. The average molecular weight is 488 g/mol. The lowest BCUT2D eigenvalue weighted by Crippen LogP contribution is -2.62. The number of halogens is 2. The molecule has 178 valence electrons. The van der Waals surface area contributed by atoms with E-state index >= 15 is 8.78 Å². The standard InChI is InChI=1S/C23H23F2N5O3S/c1-23(13-29(2)14-23)34(31,32)18-5-3-15(4-6-18)22-19(24)9-16(10-20(22)25)21-11-17(33-27-21)12-30-8-7-26-28-30/h3-10,17H,11-14H2,1-2H3/t17-/m1/s1. The second kappa shape index (κ2) is 8.24. The Morgan fingerprint density at radius 3 is 2.38 bits per heavy atom. The molecule has 0 aliphatic carbocycles. The zero-order chi connectivity index (χ0) is 24.1. The van der Waals surface area contributed by atoms with Crippen LogP contribution in [0.15, 0.2) is 58.8 Å². The quantitative estimate of drug-likeness (QED) is 0.531. The van der Waals surface area contributed by atoms with Crippen LogP contribution in [0.2, 0.25) is 0 Å². The van der Waals surface area contributed by atoms with E-state index in [0.717, 1.165) is 0 Å². The molecule has 2 aliphatic heterocycles. The molecule has 0 bridgehead atoms. The van der Waals surface area contributed by atoms with Gasteiger partial charge in [-0.15, -0.1) is 5.10 Å². The van der Waals surface area contributed by atoms with E-state index in [-0.39, 0.29) is 22.1 Å². The molecular weight excluding hydrogens is 464 g/mol. The molecule has 0 unspecified atom stereocenters. The van der Waals surface area contributed by atoms with Crippen molar-refractivity contribution in [1.29, 1.82) is 0 Å². The Morgan fingerprint density at radius 2 is 1.79 bits per heavy atom. The first-order valence-corrected chi connectivity index (χ1v) is 12.2. The summed E-state index contributed by atoms with van der Waals surface area (Å²) >= 11 is 0. The van der Waals surface area contributed by atoms with Gasteiger partial charge in [0, 0.05) is 31.3 Å². The van der Waals surface area contributed by atoms with Crippen LogP contribution in [0.25, 0.3) is 11.1 Å². The monoisotopic (exact) mass is 487 g/mol. The van der Waals surface area contributed by atoms with Gasteiger partial charge in [0.1, 0.15) is 11.6 Å². The zero-order valence-electron chi connectivity index (χ0n) is 18.6. The molecule has 3 aromatic rings. The van der Waals surface area contributed by atoms with E-state index in [2.05, 4.69) is 15.5 Å². The van der Waals surface area contributed by atoms with Crippen molar-refractivity contribution in [3.8, 4) is 11.1 Å². The van der Waals surface area contributed by atoms with Crippen LogP contribution in [0, 0.1) is 11.6 Å². The van der Waals surface area contributed by atoms with Gasteiger partial charge in [0.05, 0.1) is 33.7 Å². The molecule has 1 saturated heterocycles. The third-order valence-electron chi connectivity index (χ3n) is 6.28. The number of rotatable bonds is 6. The van der Waals surface area contributed by atoms with Crippen LogP contribution in [0.1, 0.15) is 18.9 Å². The fraction of sp³-hybridized carbons (Fsp3) is 0.348. The Hall–Kier alpha value is -3.18. The van der Waals surface area contributed by atoms with Gasteiger partial charge >= 0.3 is 0 Å². The van der Waals surface area contributed by atoms with E-state index in [1.165, 1.54) is 36.4 Å². The number of hydrogen-bond acceptors (Lipinski definition) is 7. The first kappa shape index (κ1) is 22.6.